The minimum absolute atomic E-state index is 0.753. The van der Waals surface area contributed by atoms with Crippen LogP contribution in [0.1, 0.15) is 0 Å². The van der Waals surface area contributed by atoms with Gasteiger partial charge in [0.15, 0.2) is 0 Å². The van der Waals surface area contributed by atoms with Gasteiger partial charge >= 0.3 is 0 Å². The lowest BCUT2D eigenvalue weighted by Gasteiger charge is -2.06. The van der Waals surface area contributed by atoms with E-state index in [1.807, 2.05) is 12.1 Å². The normalized spacial score (nSPS) is 9.82. The summed E-state index contributed by atoms with van der Waals surface area (Å²) in [5.41, 5.74) is 0. The lowest BCUT2D eigenvalue weighted by Crippen LogP contribution is -1.86. The molecule has 1 rings (SSSR count). The Hall–Kier alpha value is 0.330. The Labute approximate surface area is 87.8 Å². The Kier molecular flexibility index (Phi) is 3.28. The fraction of sp³-hybridized carbons (Fsp3) is 0.143. The van der Waals surface area contributed by atoms with E-state index in [-0.39, 0.29) is 0 Å². The third-order valence-corrected chi connectivity index (χ3v) is 3.27. The average Bonchev–Trinajstić information content (AvgIpc) is 1.99. The van der Waals surface area contributed by atoms with Gasteiger partial charge in [-0.1, -0.05) is 0 Å². The van der Waals surface area contributed by atoms with E-state index in [0.717, 1.165) is 19.6 Å². The van der Waals surface area contributed by atoms with Gasteiger partial charge in [0, 0.05) is 4.47 Å². The van der Waals surface area contributed by atoms with Crippen molar-refractivity contribution in [3.05, 3.63) is 21.1 Å². The average molecular weight is 298 g/mol. The number of benzene rings is 1. The van der Waals surface area contributed by atoms with E-state index < -0.39 is 0 Å². The number of hydrogen-bond acceptors (Lipinski definition) is 2. The van der Waals surface area contributed by atoms with Crippen LogP contribution in [0.5, 0.6) is 5.75 Å². The first-order valence-corrected chi connectivity index (χ1v) is 4.91. The molecule has 0 amide bonds. The first kappa shape index (κ1) is 9.42. The van der Waals surface area contributed by atoms with Gasteiger partial charge < -0.3 is 4.74 Å². The number of hydrogen-bond donors (Lipinski definition) is 1. The summed E-state index contributed by atoms with van der Waals surface area (Å²) < 4.78 is 6.95. The topological polar surface area (TPSA) is 9.23 Å². The van der Waals surface area contributed by atoms with Crippen LogP contribution in [-0.4, -0.2) is 7.11 Å². The van der Waals surface area contributed by atoms with Crippen LogP contribution in [0.2, 0.25) is 0 Å². The Bertz CT molecular complexity index is 275. The fourth-order valence-corrected chi connectivity index (χ4v) is 1.96. The molecule has 0 atom stereocenters. The SMILES string of the molecule is COc1c(Br)ccc(Br)c1S. The minimum Gasteiger partial charge on any atom is -0.494 e. The Morgan fingerprint density at radius 2 is 1.82 bits per heavy atom. The number of thiol groups is 1. The van der Waals surface area contributed by atoms with Crippen molar-refractivity contribution in [2.45, 2.75) is 4.90 Å². The second-order valence-electron chi connectivity index (χ2n) is 1.91. The molecule has 11 heavy (non-hydrogen) atoms. The fourth-order valence-electron chi connectivity index (χ4n) is 0.717. The van der Waals surface area contributed by atoms with Gasteiger partial charge in [0.2, 0.25) is 0 Å². The van der Waals surface area contributed by atoms with E-state index in [2.05, 4.69) is 44.5 Å². The van der Waals surface area contributed by atoms with Gasteiger partial charge in [-0.3, -0.25) is 0 Å². The van der Waals surface area contributed by atoms with E-state index in [1.54, 1.807) is 7.11 Å². The molecule has 60 valence electrons. The molecule has 0 N–H and O–H groups in total. The van der Waals surface area contributed by atoms with Crippen molar-refractivity contribution in [1.82, 2.24) is 0 Å². The molecule has 0 saturated heterocycles. The quantitative estimate of drug-likeness (QED) is 0.781. The van der Waals surface area contributed by atoms with E-state index in [1.165, 1.54) is 0 Å². The van der Waals surface area contributed by atoms with Crippen LogP contribution >= 0.6 is 44.5 Å². The maximum absolute atomic E-state index is 5.10. The molecule has 1 aromatic carbocycles. The van der Waals surface area contributed by atoms with Gasteiger partial charge in [-0.25, -0.2) is 0 Å². The summed E-state index contributed by atoms with van der Waals surface area (Å²) in [6.07, 6.45) is 0. The highest BCUT2D eigenvalue weighted by molar-refractivity contribution is 9.11. The van der Waals surface area contributed by atoms with Crippen molar-refractivity contribution >= 4 is 44.5 Å². The number of methoxy groups -OCH3 is 1. The highest BCUT2D eigenvalue weighted by atomic mass is 79.9. The van der Waals surface area contributed by atoms with Gasteiger partial charge in [-0.2, -0.15) is 0 Å². The largest absolute Gasteiger partial charge is 0.494 e. The minimum atomic E-state index is 0.753. The van der Waals surface area contributed by atoms with Crippen LogP contribution in [0, 0.1) is 0 Å². The van der Waals surface area contributed by atoms with E-state index in [0.29, 0.717) is 0 Å². The zero-order chi connectivity index (χ0) is 8.43. The first-order chi connectivity index (χ1) is 5.16. The second kappa shape index (κ2) is 3.83. The first-order valence-electron chi connectivity index (χ1n) is 2.87. The maximum Gasteiger partial charge on any atom is 0.147 e. The number of halogens is 2. The van der Waals surface area contributed by atoms with Crippen LogP contribution in [-0.2, 0) is 0 Å². The van der Waals surface area contributed by atoms with Crippen LogP contribution in [0.3, 0.4) is 0 Å². The summed E-state index contributed by atoms with van der Waals surface area (Å²) in [5.74, 6) is 0.753. The molecule has 0 radical (unpaired) electrons. The van der Waals surface area contributed by atoms with E-state index in [9.17, 15) is 0 Å². The predicted molar refractivity (Wildman–Crippen MR) is 55.6 cm³/mol. The predicted octanol–water partition coefficient (Wildman–Crippen LogP) is 3.51. The Balaban J connectivity index is 3.29. The van der Waals surface area contributed by atoms with Crippen molar-refractivity contribution in [1.29, 1.82) is 0 Å². The third-order valence-electron chi connectivity index (χ3n) is 1.24. The summed E-state index contributed by atoms with van der Waals surface area (Å²) in [6.45, 7) is 0. The molecule has 0 saturated carbocycles. The smallest absolute Gasteiger partial charge is 0.147 e. The number of ether oxygens (including phenoxy) is 1. The van der Waals surface area contributed by atoms with Crippen LogP contribution < -0.4 is 4.74 Å². The molecular formula is C7H6Br2OS. The molecule has 4 heteroatoms. The van der Waals surface area contributed by atoms with Gasteiger partial charge in [0.1, 0.15) is 5.75 Å². The molecule has 0 heterocycles. The summed E-state index contributed by atoms with van der Waals surface area (Å²) in [7, 11) is 1.62. The Morgan fingerprint density at radius 3 is 2.27 bits per heavy atom. The molecule has 0 aliphatic rings. The van der Waals surface area contributed by atoms with E-state index >= 15 is 0 Å². The molecule has 0 unspecified atom stereocenters. The molecule has 0 spiro atoms. The van der Waals surface area contributed by atoms with Crippen LogP contribution in [0.15, 0.2) is 26.0 Å². The van der Waals surface area contributed by atoms with Crippen molar-refractivity contribution in [2.24, 2.45) is 0 Å². The lowest BCUT2D eigenvalue weighted by molar-refractivity contribution is 0.401. The van der Waals surface area contributed by atoms with Crippen molar-refractivity contribution < 1.29 is 4.74 Å². The standard InChI is InChI=1S/C7H6Br2OS/c1-10-6-4(8)2-3-5(9)7(6)11/h2-3,11H,1H3. The van der Waals surface area contributed by atoms with Crippen molar-refractivity contribution in [3.63, 3.8) is 0 Å². The zero-order valence-corrected chi connectivity index (χ0v) is 9.83. The van der Waals surface area contributed by atoms with Crippen LogP contribution in [0.4, 0.5) is 0 Å². The lowest BCUT2D eigenvalue weighted by atomic mass is 10.3. The molecular weight excluding hydrogens is 292 g/mol. The monoisotopic (exact) mass is 296 g/mol. The van der Waals surface area contributed by atoms with E-state index in [4.69, 9.17) is 4.74 Å². The van der Waals surface area contributed by atoms with Gasteiger partial charge in [0.05, 0.1) is 16.5 Å². The highest BCUT2D eigenvalue weighted by Gasteiger charge is 2.06. The summed E-state index contributed by atoms with van der Waals surface area (Å²) >= 11 is 10.9. The Morgan fingerprint density at radius 1 is 1.27 bits per heavy atom. The summed E-state index contributed by atoms with van der Waals surface area (Å²) in [4.78, 5) is 0.807. The number of rotatable bonds is 1. The summed E-state index contributed by atoms with van der Waals surface area (Å²) in [5, 5.41) is 0. The summed E-state index contributed by atoms with van der Waals surface area (Å²) in [6, 6.07) is 3.82. The molecule has 0 aliphatic carbocycles. The maximum atomic E-state index is 5.10. The third kappa shape index (κ3) is 1.92. The molecule has 1 aromatic rings. The van der Waals surface area contributed by atoms with Crippen LogP contribution in [0.25, 0.3) is 0 Å². The molecule has 0 aromatic heterocycles. The van der Waals surface area contributed by atoms with Crippen molar-refractivity contribution in [2.75, 3.05) is 7.11 Å². The molecule has 0 aliphatic heterocycles. The van der Waals surface area contributed by atoms with Crippen molar-refractivity contribution in [3.8, 4) is 5.75 Å². The molecule has 0 fully saturated rings. The zero-order valence-electron chi connectivity index (χ0n) is 5.77. The molecule has 0 bridgehead atoms. The second-order valence-corrected chi connectivity index (χ2v) is 4.07. The highest BCUT2D eigenvalue weighted by Crippen LogP contribution is 2.36. The van der Waals surface area contributed by atoms with Gasteiger partial charge in [-0.15, -0.1) is 12.6 Å². The van der Waals surface area contributed by atoms with Gasteiger partial charge in [0.25, 0.3) is 0 Å². The van der Waals surface area contributed by atoms with Gasteiger partial charge in [-0.05, 0) is 44.0 Å². The molecule has 1 nitrogen and oxygen atoms in total.